The van der Waals surface area contributed by atoms with E-state index in [2.05, 4.69) is 15.1 Å². The molecule has 0 radical (unpaired) electrons. The molecule has 0 aliphatic carbocycles. The Balaban J connectivity index is 2.18. The lowest BCUT2D eigenvalue weighted by Crippen LogP contribution is -2.20. The van der Waals surface area contributed by atoms with Gasteiger partial charge in [0.05, 0.1) is 0 Å². The van der Waals surface area contributed by atoms with Crippen LogP contribution in [0.5, 0.6) is 0 Å². The Morgan fingerprint density at radius 1 is 1.14 bits per heavy atom. The largest absolute Gasteiger partial charge is 0.433 e. The molecule has 0 aliphatic heterocycles. The highest BCUT2D eigenvalue weighted by molar-refractivity contribution is 5.57. The Morgan fingerprint density at radius 3 is 2.43 bits per heavy atom. The number of aromatic amines is 1. The second-order valence-corrected chi connectivity index (χ2v) is 4.55. The second-order valence-electron chi connectivity index (χ2n) is 4.55. The first-order valence-electron chi connectivity index (χ1n) is 5.99. The van der Waals surface area contributed by atoms with Gasteiger partial charge in [0, 0.05) is 11.6 Å². The van der Waals surface area contributed by atoms with Crippen molar-refractivity contribution in [3.63, 3.8) is 0 Å². The maximum Gasteiger partial charge on any atom is 0.433 e. The Hall–Kier alpha value is -2.64. The van der Waals surface area contributed by atoms with Crippen LogP contribution in [-0.2, 0) is 6.18 Å². The Labute approximate surface area is 116 Å². The van der Waals surface area contributed by atoms with E-state index in [1.807, 2.05) is 19.1 Å². The summed E-state index contributed by atoms with van der Waals surface area (Å²) in [5, 5.41) is 2.64. The minimum absolute atomic E-state index is 0.277. The highest BCUT2D eigenvalue weighted by atomic mass is 19.4. The van der Waals surface area contributed by atoms with Crippen LogP contribution in [0.1, 0.15) is 11.3 Å². The van der Waals surface area contributed by atoms with Gasteiger partial charge in [-0.2, -0.15) is 22.7 Å². The molecule has 8 heteroatoms. The van der Waals surface area contributed by atoms with Gasteiger partial charge in [-0.3, -0.25) is 9.89 Å². The van der Waals surface area contributed by atoms with E-state index in [0.717, 1.165) is 10.1 Å². The number of hydrogen-bond donors (Lipinski definition) is 1. The molecule has 0 saturated heterocycles. The Kier molecular flexibility index (Phi) is 2.82. The molecule has 0 bridgehead atoms. The molecular formula is C13H9F3N4O. The first-order chi connectivity index (χ1) is 9.84. The van der Waals surface area contributed by atoms with E-state index in [1.165, 1.54) is 0 Å². The molecule has 5 nitrogen and oxygen atoms in total. The molecule has 0 atom stereocenters. The first kappa shape index (κ1) is 13.3. The molecule has 2 aromatic heterocycles. The molecule has 0 fully saturated rings. The van der Waals surface area contributed by atoms with E-state index < -0.39 is 17.4 Å². The molecule has 0 saturated carbocycles. The van der Waals surface area contributed by atoms with E-state index in [1.54, 1.807) is 12.1 Å². The Bertz CT molecular complexity index is 862. The van der Waals surface area contributed by atoms with E-state index in [-0.39, 0.29) is 11.6 Å². The third-order valence-corrected chi connectivity index (χ3v) is 2.95. The number of hydrogen-bond acceptors (Lipinski definition) is 3. The molecular weight excluding hydrogens is 285 g/mol. The minimum atomic E-state index is -4.68. The third kappa shape index (κ3) is 2.39. The summed E-state index contributed by atoms with van der Waals surface area (Å²) in [5.41, 5.74) is -0.434. The van der Waals surface area contributed by atoms with E-state index in [9.17, 15) is 18.0 Å². The SMILES string of the molecule is Cc1ccc(-c2nc3nc(C(F)(F)F)cc(=O)n3[nH]2)cc1. The third-order valence-electron chi connectivity index (χ3n) is 2.95. The molecule has 21 heavy (non-hydrogen) atoms. The summed E-state index contributed by atoms with van der Waals surface area (Å²) < 4.78 is 38.7. The van der Waals surface area contributed by atoms with Gasteiger partial charge in [0.2, 0.25) is 0 Å². The molecule has 0 aliphatic rings. The van der Waals surface area contributed by atoms with Crippen LogP contribution in [0, 0.1) is 6.92 Å². The second kappa shape index (κ2) is 4.44. The summed E-state index contributed by atoms with van der Waals surface area (Å²) in [6.45, 7) is 1.91. The van der Waals surface area contributed by atoms with Gasteiger partial charge in [-0.1, -0.05) is 29.8 Å². The number of nitrogens with zero attached hydrogens (tertiary/aromatic N) is 3. The lowest BCUT2D eigenvalue weighted by Gasteiger charge is -2.03. The summed E-state index contributed by atoms with van der Waals surface area (Å²) in [4.78, 5) is 19.0. The number of rotatable bonds is 1. The quantitative estimate of drug-likeness (QED) is 0.749. The number of H-pyrrole nitrogens is 1. The van der Waals surface area contributed by atoms with Crippen molar-refractivity contribution in [2.75, 3.05) is 0 Å². The fourth-order valence-corrected chi connectivity index (χ4v) is 1.87. The molecule has 108 valence electrons. The van der Waals surface area contributed by atoms with Crippen LogP contribution in [0.25, 0.3) is 17.2 Å². The number of halogens is 3. The smallest absolute Gasteiger partial charge is 0.271 e. The molecule has 3 aromatic rings. The van der Waals surface area contributed by atoms with Gasteiger partial charge in [0.1, 0.15) is 0 Å². The average Bonchev–Trinajstić information content (AvgIpc) is 2.83. The summed E-state index contributed by atoms with van der Waals surface area (Å²) in [5.74, 6) is -0.0377. The van der Waals surface area contributed by atoms with E-state index >= 15 is 0 Å². The summed E-state index contributed by atoms with van der Waals surface area (Å²) >= 11 is 0. The standard InChI is InChI=1S/C13H9F3N4O/c1-7-2-4-8(5-3-7)11-18-12-17-9(13(14,15)16)6-10(21)20(12)19-11/h2-6H,1H3,(H,17,18,19). The van der Waals surface area contributed by atoms with Crippen molar-refractivity contribution in [1.29, 1.82) is 0 Å². The summed E-state index contributed by atoms with van der Waals surface area (Å²) in [6.07, 6.45) is -4.68. The van der Waals surface area contributed by atoms with Crippen LogP contribution >= 0.6 is 0 Å². The topological polar surface area (TPSA) is 63.1 Å². The van der Waals surface area contributed by atoms with Crippen LogP contribution in [0.4, 0.5) is 13.2 Å². The van der Waals surface area contributed by atoms with Crippen molar-refractivity contribution in [1.82, 2.24) is 19.6 Å². The molecule has 0 unspecified atom stereocenters. The van der Waals surface area contributed by atoms with Crippen LogP contribution in [0.15, 0.2) is 35.1 Å². The van der Waals surface area contributed by atoms with Crippen molar-refractivity contribution in [3.8, 4) is 11.4 Å². The van der Waals surface area contributed by atoms with Crippen LogP contribution in [0.3, 0.4) is 0 Å². The van der Waals surface area contributed by atoms with Crippen molar-refractivity contribution in [3.05, 3.63) is 51.9 Å². The van der Waals surface area contributed by atoms with E-state index in [4.69, 9.17) is 0 Å². The van der Waals surface area contributed by atoms with Gasteiger partial charge in [-0.05, 0) is 6.92 Å². The highest BCUT2D eigenvalue weighted by Crippen LogP contribution is 2.26. The molecule has 3 rings (SSSR count). The van der Waals surface area contributed by atoms with Crippen molar-refractivity contribution in [2.45, 2.75) is 13.1 Å². The first-order valence-corrected chi connectivity index (χ1v) is 5.99. The summed E-state index contributed by atoms with van der Waals surface area (Å²) in [7, 11) is 0. The number of benzene rings is 1. The maximum atomic E-state index is 12.6. The predicted molar refractivity (Wildman–Crippen MR) is 68.8 cm³/mol. The Morgan fingerprint density at radius 2 is 1.81 bits per heavy atom. The lowest BCUT2D eigenvalue weighted by molar-refractivity contribution is -0.141. The van der Waals surface area contributed by atoms with Gasteiger partial charge in [-0.25, -0.2) is 4.98 Å². The van der Waals surface area contributed by atoms with Gasteiger partial charge >= 0.3 is 6.18 Å². The highest BCUT2D eigenvalue weighted by Gasteiger charge is 2.33. The molecule has 2 heterocycles. The van der Waals surface area contributed by atoms with Crippen molar-refractivity contribution in [2.24, 2.45) is 0 Å². The predicted octanol–water partition coefficient (Wildman–Crippen LogP) is 2.41. The fraction of sp³-hybridized carbons (Fsp3) is 0.154. The zero-order chi connectivity index (χ0) is 15.2. The zero-order valence-corrected chi connectivity index (χ0v) is 10.8. The van der Waals surface area contributed by atoms with Crippen molar-refractivity contribution >= 4 is 5.78 Å². The van der Waals surface area contributed by atoms with Crippen LogP contribution < -0.4 is 5.56 Å². The van der Waals surface area contributed by atoms with Crippen molar-refractivity contribution < 1.29 is 13.2 Å². The van der Waals surface area contributed by atoms with Gasteiger partial charge in [0.15, 0.2) is 11.5 Å². The number of alkyl halides is 3. The lowest BCUT2D eigenvalue weighted by atomic mass is 10.1. The number of nitrogens with one attached hydrogen (secondary N) is 1. The van der Waals surface area contributed by atoms with Gasteiger partial charge < -0.3 is 0 Å². The van der Waals surface area contributed by atoms with Gasteiger partial charge in [-0.15, -0.1) is 0 Å². The van der Waals surface area contributed by atoms with Crippen LogP contribution in [-0.4, -0.2) is 19.6 Å². The molecule has 1 N–H and O–H groups in total. The average molecular weight is 294 g/mol. The van der Waals surface area contributed by atoms with E-state index in [0.29, 0.717) is 11.6 Å². The van der Waals surface area contributed by atoms with Gasteiger partial charge in [0.25, 0.3) is 11.3 Å². The zero-order valence-electron chi connectivity index (χ0n) is 10.8. The number of aromatic nitrogens is 4. The fourth-order valence-electron chi connectivity index (χ4n) is 1.87. The van der Waals surface area contributed by atoms with Crippen LogP contribution in [0.2, 0.25) is 0 Å². The molecule has 0 amide bonds. The number of aryl methyl sites for hydroxylation is 1. The molecule has 1 aromatic carbocycles. The maximum absolute atomic E-state index is 12.6. The normalized spacial score (nSPS) is 12.0. The number of fused-ring (bicyclic) bond motifs is 1. The monoisotopic (exact) mass is 294 g/mol. The minimum Gasteiger partial charge on any atom is -0.271 e. The molecule has 0 spiro atoms. The summed E-state index contributed by atoms with van der Waals surface area (Å²) in [6, 6.07) is 7.61.